The maximum absolute atomic E-state index is 11.3. The fraction of sp³-hybridized carbons (Fsp3) is 0.933. The van der Waals surface area contributed by atoms with Crippen LogP contribution in [-0.4, -0.2) is 35.5 Å². The molecule has 1 fully saturated rings. The van der Waals surface area contributed by atoms with E-state index < -0.39 is 12.1 Å². The molecule has 4 heteroatoms. The highest BCUT2D eigenvalue weighted by molar-refractivity contribution is 5.72. The minimum Gasteiger partial charge on any atom is -0.479 e. The summed E-state index contributed by atoms with van der Waals surface area (Å²) in [5.74, 6) is -0.0671. The second-order valence-corrected chi connectivity index (χ2v) is 6.68. The van der Waals surface area contributed by atoms with E-state index in [0.29, 0.717) is 24.4 Å². The number of hydrogen-bond acceptors (Lipinski definition) is 3. The summed E-state index contributed by atoms with van der Waals surface area (Å²) in [4.78, 5) is 11.3. The lowest BCUT2D eigenvalue weighted by atomic mass is 9.69. The molecule has 0 aromatic rings. The van der Waals surface area contributed by atoms with Crippen molar-refractivity contribution in [3.63, 3.8) is 0 Å². The third-order valence-electron chi connectivity index (χ3n) is 4.27. The van der Waals surface area contributed by atoms with Gasteiger partial charge in [-0.2, -0.15) is 0 Å². The van der Waals surface area contributed by atoms with E-state index in [1.54, 1.807) is 0 Å². The lowest BCUT2D eigenvalue weighted by Crippen LogP contribution is -2.37. The van der Waals surface area contributed by atoms with Crippen LogP contribution in [0.4, 0.5) is 0 Å². The molecule has 0 aromatic carbocycles. The largest absolute Gasteiger partial charge is 0.479 e. The zero-order chi connectivity index (χ0) is 14.5. The number of ether oxygens (including phenoxy) is 1. The lowest BCUT2D eigenvalue weighted by Gasteiger charge is -2.38. The molecular weight excluding hydrogens is 244 g/mol. The predicted octanol–water partition coefficient (Wildman–Crippen LogP) is 2.69. The van der Waals surface area contributed by atoms with E-state index in [4.69, 9.17) is 9.84 Å². The molecule has 0 radical (unpaired) electrons. The first-order chi connectivity index (χ1) is 8.86. The van der Waals surface area contributed by atoms with Gasteiger partial charge in [0, 0.05) is 13.2 Å². The Kier molecular flexibility index (Phi) is 6.27. The summed E-state index contributed by atoms with van der Waals surface area (Å²) in [7, 11) is 0. The minimum atomic E-state index is -0.864. The van der Waals surface area contributed by atoms with E-state index in [1.807, 2.05) is 0 Å². The Morgan fingerprint density at radius 1 is 1.26 bits per heavy atom. The van der Waals surface area contributed by atoms with Crippen LogP contribution in [0, 0.1) is 17.3 Å². The van der Waals surface area contributed by atoms with Crippen molar-refractivity contribution in [3.8, 4) is 0 Å². The van der Waals surface area contributed by atoms with E-state index >= 15 is 0 Å². The number of hydrogen-bond donors (Lipinski definition) is 2. The number of aliphatic hydroxyl groups excluding tert-OH is 1. The van der Waals surface area contributed by atoms with Crippen molar-refractivity contribution >= 4 is 5.97 Å². The van der Waals surface area contributed by atoms with Crippen LogP contribution in [0.3, 0.4) is 0 Å². The molecule has 0 aliphatic heterocycles. The lowest BCUT2D eigenvalue weighted by molar-refractivity contribution is -0.156. The first-order valence-electron chi connectivity index (χ1n) is 7.31. The summed E-state index contributed by atoms with van der Waals surface area (Å²) in [5, 5.41) is 18.0. The van der Waals surface area contributed by atoms with Crippen LogP contribution < -0.4 is 0 Å². The molecule has 2 N–H and O–H groups in total. The van der Waals surface area contributed by atoms with Gasteiger partial charge < -0.3 is 14.9 Å². The summed E-state index contributed by atoms with van der Waals surface area (Å²) in [5.41, 5.74) is 0.307. The van der Waals surface area contributed by atoms with Gasteiger partial charge in [-0.1, -0.05) is 20.8 Å². The predicted molar refractivity (Wildman–Crippen MR) is 74.0 cm³/mol. The van der Waals surface area contributed by atoms with Crippen LogP contribution in [0.2, 0.25) is 0 Å². The third-order valence-corrected chi connectivity index (χ3v) is 4.27. The molecule has 0 aromatic heterocycles. The highest BCUT2D eigenvalue weighted by atomic mass is 16.5. The zero-order valence-corrected chi connectivity index (χ0v) is 12.4. The molecule has 4 nitrogen and oxygen atoms in total. The first-order valence-corrected chi connectivity index (χ1v) is 7.31. The van der Waals surface area contributed by atoms with Crippen molar-refractivity contribution in [1.29, 1.82) is 0 Å². The molecule has 0 bridgehead atoms. The number of aliphatic hydroxyl groups is 1. The zero-order valence-electron chi connectivity index (χ0n) is 12.4. The molecular formula is C15H28O4. The van der Waals surface area contributed by atoms with Gasteiger partial charge in [0.05, 0.1) is 0 Å². The van der Waals surface area contributed by atoms with Gasteiger partial charge in [-0.3, -0.25) is 0 Å². The summed E-state index contributed by atoms with van der Waals surface area (Å²) in [6.07, 6.45) is 3.83. The molecule has 1 rings (SSSR count). The second-order valence-electron chi connectivity index (χ2n) is 6.68. The van der Waals surface area contributed by atoms with E-state index in [-0.39, 0.29) is 12.5 Å². The summed E-state index contributed by atoms with van der Waals surface area (Å²) >= 11 is 0. The normalized spacial score (nSPS) is 26.1. The van der Waals surface area contributed by atoms with Crippen LogP contribution in [0.25, 0.3) is 0 Å². The van der Waals surface area contributed by atoms with Crippen LogP contribution in [0.1, 0.15) is 52.9 Å². The first kappa shape index (κ1) is 16.4. The Hall–Kier alpha value is -0.610. The Balaban J connectivity index is 2.48. The number of rotatable bonds is 6. The smallest absolute Gasteiger partial charge is 0.333 e. The van der Waals surface area contributed by atoms with Crippen LogP contribution in [-0.2, 0) is 9.53 Å². The van der Waals surface area contributed by atoms with E-state index in [2.05, 4.69) is 20.8 Å². The van der Waals surface area contributed by atoms with Crippen LogP contribution in [0.15, 0.2) is 0 Å². The average Bonchev–Trinajstić information content (AvgIpc) is 2.33. The van der Waals surface area contributed by atoms with Gasteiger partial charge in [-0.15, -0.1) is 0 Å². The van der Waals surface area contributed by atoms with Crippen molar-refractivity contribution in [3.05, 3.63) is 0 Å². The molecule has 0 amide bonds. The van der Waals surface area contributed by atoms with E-state index in [9.17, 15) is 9.90 Å². The molecule has 1 aliphatic carbocycles. The number of aliphatic carboxylic acids is 1. The summed E-state index contributed by atoms with van der Waals surface area (Å²) in [6, 6.07) is 0. The minimum absolute atomic E-state index is 0.0447. The molecule has 0 heterocycles. The Morgan fingerprint density at radius 3 is 2.26 bits per heavy atom. The molecule has 1 saturated carbocycles. The van der Waals surface area contributed by atoms with Gasteiger partial charge >= 0.3 is 5.97 Å². The topological polar surface area (TPSA) is 66.8 Å². The van der Waals surface area contributed by atoms with Gasteiger partial charge in [0.15, 0.2) is 6.10 Å². The Bertz CT molecular complexity index is 274. The molecule has 112 valence electrons. The Morgan fingerprint density at radius 2 is 1.84 bits per heavy atom. The number of carbonyl (C=O) groups is 1. The van der Waals surface area contributed by atoms with Gasteiger partial charge in [0.25, 0.3) is 0 Å². The summed E-state index contributed by atoms with van der Waals surface area (Å²) in [6.45, 7) is 7.13. The second kappa shape index (κ2) is 7.25. The van der Waals surface area contributed by atoms with Crippen molar-refractivity contribution in [2.75, 3.05) is 13.2 Å². The van der Waals surface area contributed by atoms with Crippen molar-refractivity contribution in [2.45, 2.75) is 59.0 Å². The maximum atomic E-state index is 11.3. The molecule has 1 aliphatic rings. The van der Waals surface area contributed by atoms with E-state index in [1.165, 1.54) is 0 Å². The fourth-order valence-corrected chi connectivity index (χ4v) is 2.97. The standard InChI is InChI=1S/C15H28O4/c1-15(2,3)12-7-5-11(6-8-12)13(14(17)18)19-10-4-9-16/h11-13,16H,4-10H2,1-3H3,(H,17,18). The SMILES string of the molecule is CC(C)(C)C1CCC(C(OCCCO)C(=O)O)CC1. The molecule has 19 heavy (non-hydrogen) atoms. The van der Waals surface area contributed by atoms with Crippen molar-refractivity contribution < 1.29 is 19.7 Å². The van der Waals surface area contributed by atoms with Gasteiger partial charge in [0.2, 0.25) is 0 Å². The number of carboxylic acid groups (broad SMARTS) is 1. The van der Waals surface area contributed by atoms with Crippen LogP contribution >= 0.6 is 0 Å². The fourth-order valence-electron chi connectivity index (χ4n) is 2.97. The monoisotopic (exact) mass is 272 g/mol. The average molecular weight is 272 g/mol. The number of carboxylic acids is 1. The van der Waals surface area contributed by atoms with Gasteiger partial charge in [-0.05, 0) is 49.4 Å². The highest BCUT2D eigenvalue weighted by Gasteiger charge is 2.35. The van der Waals surface area contributed by atoms with Gasteiger partial charge in [-0.25, -0.2) is 4.79 Å². The quantitative estimate of drug-likeness (QED) is 0.730. The third kappa shape index (κ3) is 5.11. The van der Waals surface area contributed by atoms with Crippen molar-refractivity contribution in [1.82, 2.24) is 0 Å². The van der Waals surface area contributed by atoms with Crippen molar-refractivity contribution in [2.24, 2.45) is 17.3 Å². The van der Waals surface area contributed by atoms with Gasteiger partial charge in [0.1, 0.15) is 0 Å². The maximum Gasteiger partial charge on any atom is 0.333 e. The highest BCUT2D eigenvalue weighted by Crippen LogP contribution is 2.41. The molecule has 0 spiro atoms. The molecule has 1 unspecified atom stereocenters. The van der Waals surface area contributed by atoms with Crippen LogP contribution in [0.5, 0.6) is 0 Å². The van der Waals surface area contributed by atoms with E-state index in [0.717, 1.165) is 25.7 Å². The Labute approximate surface area is 116 Å². The summed E-state index contributed by atoms with van der Waals surface area (Å²) < 4.78 is 5.44. The molecule has 1 atom stereocenters. The molecule has 0 saturated heterocycles.